The van der Waals surface area contributed by atoms with E-state index in [9.17, 15) is 13.2 Å². The Kier molecular flexibility index (Phi) is 7.27. The van der Waals surface area contributed by atoms with E-state index in [4.69, 9.17) is 23.2 Å². The number of sulfonamides is 1. The Morgan fingerprint density at radius 3 is 2.56 bits per heavy atom. The lowest BCUT2D eigenvalue weighted by Gasteiger charge is -2.23. The summed E-state index contributed by atoms with van der Waals surface area (Å²) in [4.78, 5) is 16.3. The van der Waals surface area contributed by atoms with E-state index >= 15 is 0 Å². The van der Waals surface area contributed by atoms with Crippen LogP contribution in [0.15, 0.2) is 68.9 Å². The number of nitrogens with one attached hydrogen (secondary N) is 2. The molecule has 2 aliphatic rings. The van der Waals surface area contributed by atoms with Crippen LogP contribution in [0.4, 0.5) is 11.4 Å². The number of benzene rings is 2. The Hall–Kier alpha value is -1.72. The molecule has 6 nitrogen and oxygen atoms in total. The van der Waals surface area contributed by atoms with E-state index in [2.05, 4.69) is 26.2 Å². The Morgan fingerprint density at radius 2 is 1.88 bits per heavy atom. The van der Waals surface area contributed by atoms with Gasteiger partial charge < -0.3 is 10.2 Å². The standard InChI is InChI=1S/C22H22BCl2N3O3S3/c1-3-13(11-22(23)26-16-9-14(24)4-6-18(16)33-22)8-21-28(12-20(29)27-34(2,30)31)17-10-15(25)5-7-19(17)32-21/h4-11,26H,3,12,23H2,1-2H3,(H,27,29)/b13-11+,21-8?. The molecule has 2 heterocycles. The zero-order chi connectivity index (χ0) is 24.7. The summed E-state index contributed by atoms with van der Waals surface area (Å²) >= 11 is 15.6. The van der Waals surface area contributed by atoms with Gasteiger partial charge in [-0.2, -0.15) is 0 Å². The third-order valence-corrected chi connectivity index (χ3v) is 8.52. The maximum atomic E-state index is 12.5. The lowest BCUT2D eigenvalue weighted by molar-refractivity contribution is -0.117. The summed E-state index contributed by atoms with van der Waals surface area (Å²) in [5, 5.41) is 5.58. The van der Waals surface area contributed by atoms with Gasteiger partial charge in [0.25, 0.3) is 5.91 Å². The van der Waals surface area contributed by atoms with E-state index in [1.807, 2.05) is 35.1 Å². The van der Waals surface area contributed by atoms with Crippen molar-refractivity contribution < 1.29 is 13.2 Å². The fourth-order valence-corrected chi connectivity index (χ4v) is 6.88. The van der Waals surface area contributed by atoms with Crippen LogP contribution in [0.3, 0.4) is 0 Å². The van der Waals surface area contributed by atoms with Crippen LogP contribution in [0.5, 0.6) is 0 Å². The minimum absolute atomic E-state index is 0.148. The fraction of sp³-hybridized carbons (Fsp3) is 0.227. The van der Waals surface area contributed by atoms with Gasteiger partial charge in [0.15, 0.2) is 7.85 Å². The lowest BCUT2D eigenvalue weighted by Crippen LogP contribution is -2.38. The number of fused-ring (bicyclic) bond motifs is 2. The first-order valence-electron chi connectivity index (χ1n) is 10.4. The first-order chi connectivity index (χ1) is 15.9. The molecule has 2 aromatic carbocycles. The molecule has 0 radical (unpaired) electrons. The minimum atomic E-state index is -3.66. The summed E-state index contributed by atoms with van der Waals surface area (Å²) in [6.45, 7) is 1.92. The van der Waals surface area contributed by atoms with Crippen LogP contribution >= 0.6 is 46.7 Å². The average molecular weight is 554 g/mol. The van der Waals surface area contributed by atoms with Gasteiger partial charge >= 0.3 is 0 Å². The molecule has 4 rings (SSSR count). The number of rotatable bonds is 6. The molecule has 0 fully saturated rings. The second-order valence-electron chi connectivity index (χ2n) is 8.13. The molecule has 0 saturated heterocycles. The van der Waals surface area contributed by atoms with Crippen LogP contribution in [-0.2, 0) is 14.8 Å². The first kappa shape index (κ1) is 25.4. The van der Waals surface area contributed by atoms with E-state index in [0.717, 1.165) is 44.4 Å². The lowest BCUT2D eigenvalue weighted by atomic mass is 9.92. The van der Waals surface area contributed by atoms with Crippen LogP contribution in [0, 0.1) is 0 Å². The number of carbonyl (C=O) groups is 1. The maximum Gasteiger partial charge on any atom is 0.253 e. The average Bonchev–Trinajstić information content (AvgIpc) is 3.22. The summed E-state index contributed by atoms with van der Waals surface area (Å²) in [5.74, 6) is -0.615. The number of halogens is 2. The number of anilines is 2. The molecular weight excluding hydrogens is 532 g/mol. The summed E-state index contributed by atoms with van der Waals surface area (Å²) in [5.41, 5.74) is 2.83. The number of hydrogen-bond donors (Lipinski definition) is 2. The highest BCUT2D eigenvalue weighted by Crippen LogP contribution is 2.48. The highest BCUT2D eigenvalue weighted by atomic mass is 35.5. The van der Waals surface area contributed by atoms with E-state index in [1.54, 1.807) is 28.8 Å². The van der Waals surface area contributed by atoms with Gasteiger partial charge in [-0.1, -0.05) is 48.0 Å². The zero-order valence-corrected chi connectivity index (χ0v) is 22.6. The Morgan fingerprint density at radius 1 is 1.21 bits per heavy atom. The smallest absolute Gasteiger partial charge is 0.253 e. The van der Waals surface area contributed by atoms with E-state index in [-0.39, 0.29) is 11.3 Å². The van der Waals surface area contributed by atoms with E-state index < -0.39 is 15.9 Å². The van der Waals surface area contributed by atoms with Crippen molar-refractivity contribution in [1.82, 2.24) is 4.72 Å². The molecule has 1 atom stereocenters. The molecular formula is C22H22BCl2N3O3S3. The Balaban J connectivity index is 1.65. The predicted octanol–water partition coefficient (Wildman–Crippen LogP) is 4.66. The quantitative estimate of drug-likeness (QED) is 0.503. The van der Waals surface area contributed by atoms with Crippen molar-refractivity contribution in [2.24, 2.45) is 0 Å². The van der Waals surface area contributed by atoms with E-state index in [0.29, 0.717) is 10.0 Å². The van der Waals surface area contributed by atoms with Crippen molar-refractivity contribution in [3.05, 3.63) is 69.2 Å². The summed E-state index contributed by atoms with van der Waals surface area (Å²) in [7, 11) is -1.55. The molecule has 2 aliphatic heterocycles. The molecule has 178 valence electrons. The number of carbonyl (C=O) groups excluding carboxylic acids is 1. The van der Waals surface area contributed by atoms with Gasteiger partial charge in [0.2, 0.25) is 10.0 Å². The monoisotopic (exact) mass is 553 g/mol. The largest absolute Gasteiger partial charge is 0.374 e. The molecule has 0 bridgehead atoms. The normalized spacial score (nSPS) is 20.8. The number of allylic oxidation sites excluding steroid dienone is 2. The highest BCUT2D eigenvalue weighted by Gasteiger charge is 2.32. The topological polar surface area (TPSA) is 78.5 Å². The number of nitrogens with zero attached hydrogens (tertiary/aromatic N) is 1. The molecule has 34 heavy (non-hydrogen) atoms. The molecule has 2 N–H and O–H groups in total. The zero-order valence-electron chi connectivity index (χ0n) is 18.7. The van der Waals surface area contributed by atoms with Crippen LogP contribution < -0.4 is 14.9 Å². The summed E-state index contributed by atoms with van der Waals surface area (Å²) < 4.78 is 24.8. The molecule has 0 aliphatic carbocycles. The molecule has 12 heteroatoms. The van der Waals surface area contributed by atoms with Crippen LogP contribution in [0.25, 0.3) is 0 Å². The van der Waals surface area contributed by atoms with Gasteiger partial charge in [-0.3, -0.25) is 9.52 Å². The third kappa shape index (κ3) is 5.91. The number of amides is 1. The molecule has 0 saturated carbocycles. The Labute approximate surface area is 219 Å². The SMILES string of the molecule is BC1(/C=C(/C=C2Sc3ccc(Cl)cc3N2CC(=O)NS(C)(=O)=O)CC)Nc2cc(Cl)ccc2S1. The van der Waals surface area contributed by atoms with Gasteiger partial charge in [0, 0.05) is 19.8 Å². The van der Waals surface area contributed by atoms with Gasteiger partial charge in [0.05, 0.1) is 27.4 Å². The van der Waals surface area contributed by atoms with Gasteiger partial charge in [0.1, 0.15) is 6.54 Å². The van der Waals surface area contributed by atoms with Crippen molar-refractivity contribution in [3.63, 3.8) is 0 Å². The second kappa shape index (κ2) is 9.74. The van der Waals surface area contributed by atoms with Crippen LogP contribution in [-0.4, -0.2) is 39.7 Å². The van der Waals surface area contributed by atoms with E-state index in [1.165, 1.54) is 11.8 Å². The predicted molar refractivity (Wildman–Crippen MR) is 146 cm³/mol. The molecule has 0 aromatic heterocycles. The van der Waals surface area contributed by atoms with Crippen molar-refractivity contribution in [1.29, 1.82) is 0 Å². The number of thioether (sulfide) groups is 2. The van der Waals surface area contributed by atoms with Gasteiger partial charge in [-0.25, -0.2) is 8.42 Å². The van der Waals surface area contributed by atoms with Crippen molar-refractivity contribution in [2.45, 2.75) is 27.9 Å². The molecule has 0 spiro atoms. The van der Waals surface area contributed by atoms with Crippen LogP contribution in [0.2, 0.25) is 10.0 Å². The van der Waals surface area contributed by atoms with Gasteiger partial charge in [-0.05, 0) is 54.5 Å². The molecule has 1 amide bonds. The molecule has 1 unspecified atom stereocenters. The van der Waals surface area contributed by atoms with Crippen LogP contribution in [0.1, 0.15) is 13.3 Å². The second-order valence-corrected chi connectivity index (χ2v) is 13.3. The first-order valence-corrected chi connectivity index (χ1v) is 14.7. The Bertz CT molecular complexity index is 1330. The highest BCUT2D eigenvalue weighted by molar-refractivity contribution is 8.03. The fourth-order valence-electron chi connectivity index (χ4n) is 3.76. The van der Waals surface area contributed by atoms with Crippen molar-refractivity contribution in [3.8, 4) is 0 Å². The summed E-state index contributed by atoms with van der Waals surface area (Å²) in [6.07, 6.45) is 5.93. The number of hydrogen-bond acceptors (Lipinski definition) is 7. The minimum Gasteiger partial charge on any atom is -0.374 e. The third-order valence-electron chi connectivity index (χ3n) is 5.12. The van der Waals surface area contributed by atoms with Crippen molar-refractivity contribution >= 4 is 81.9 Å². The summed E-state index contributed by atoms with van der Waals surface area (Å²) in [6, 6.07) is 11.3. The molecule has 2 aromatic rings. The van der Waals surface area contributed by atoms with Gasteiger partial charge in [-0.15, -0.1) is 11.8 Å². The maximum absolute atomic E-state index is 12.5. The van der Waals surface area contributed by atoms with Crippen molar-refractivity contribution in [2.75, 3.05) is 23.0 Å².